The molecule has 0 aliphatic carbocycles. The van der Waals surface area contributed by atoms with Crippen molar-refractivity contribution in [2.45, 2.75) is 167 Å². The third-order valence-corrected chi connectivity index (χ3v) is 16.1. The lowest BCUT2D eigenvalue weighted by atomic mass is 10.1. The number of nitrogens with two attached hydrogens (primary N) is 1. The lowest BCUT2D eigenvalue weighted by Gasteiger charge is -2.36. The number of carbonyl (C=O) groups is 4. The maximum absolute atomic E-state index is 13.3. The van der Waals surface area contributed by atoms with E-state index in [1.165, 1.54) is 4.68 Å². The molecule has 3 aromatic rings. The van der Waals surface area contributed by atoms with Crippen LogP contribution in [0.1, 0.15) is 165 Å². The van der Waals surface area contributed by atoms with Gasteiger partial charge in [0.15, 0.2) is 6.04 Å². The molecule has 5 heterocycles. The van der Waals surface area contributed by atoms with E-state index in [-0.39, 0.29) is 42.9 Å². The van der Waals surface area contributed by atoms with E-state index in [4.69, 9.17) is 41.3 Å². The molecule has 6 N–H and O–H groups in total. The van der Waals surface area contributed by atoms with Gasteiger partial charge in [-0.1, -0.05) is 93.4 Å². The van der Waals surface area contributed by atoms with E-state index in [9.17, 15) is 24.3 Å². The number of ether oxygens (including phenoxy) is 3. The summed E-state index contributed by atoms with van der Waals surface area (Å²) in [4.78, 5) is 75.2. The zero-order chi connectivity index (χ0) is 61.2. The quantitative estimate of drug-likeness (QED) is 0.0371. The van der Waals surface area contributed by atoms with Crippen LogP contribution in [-0.2, 0) is 39.8 Å². The van der Waals surface area contributed by atoms with E-state index in [1.54, 1.807) is 22.6 Å². The van der Waals surface area contributed by atoms with E-state index in [0.29, 0.717) is 149 Å². The van der Waals surface area contributed by atoms with Crippen molar-refractivity contribution >= 4 is 53.2 Å². The topological polar surface area (TPSA) is 291 Å². The number of anilines is 3. The van der Waals surface area contributed by atoms with Crippen LogP contribution in [0.25, 0.3) is 0 Å². The zero-order valence-electron chi connectivity index (χ0n) is 51.9. The van der Waals surface area contributed by atoms with Gasteiger partial charge in [0.25, 0.3) is 0 Å². The lowest BCUT2D eigenvalue weighted by molar-refractivity contribution is -0.132. The summed E-state index contributed by atoms with van der Waals surface area (Å²) in [7, 11) is 0. The fourth-order valence-electron chi connectivity index (χ4n) is 10.4. The van der Waals surface area contributed by atoms with Crippen LogP contribution >= 0.6 is 11.8 Å². The van der Waals surface area contributed by atoms with Crippen molar-refractivity contribution in [2.75, 3.05) is 152 Å². The molecular weight excluding hydrogens is 1120 g/mol. The normalized spacial score (nSPS) is 14.3. The average Bonchev–Trinajstić information content (AvgIpc) is 3.00. The molecule has 0 unspecified atom stereocenters. The second-order valence-corrected chi connectivity index (χ2v) is 23.3. The highest BCUT2D eigenvalue weighted by molar-refractivity contribution is 7.98. The zero-order valence-corrected chi connectivity index (χ0v) is 52.7. The van der Waals surface area contributed by atoms with Gasteiger partial charge < -0.3 is 60.6 Å². The maximum Gasteiger partial charge on any atom is 0.247 e. The van der Waals surface area contributed by atoms with Crippen molar-refractivity contribution in [3.8, 4) is 12.3 Å². The van der Waals surface area contributed by atoms with Crippen molar-refractivity contribution in [3.63, 3.8) is 0 Å². The summed E-state index contributed by atoms with van der Waals surface area (Å²) in [5, 5.41) is 35.7. The van der Waals surface area contributed by atoms with Gasteiger partial charge in [0.1, 0.15) is 12.6 Å². The smallest absolute Gasteiger partial charge is 0.247 e. The SMILES string of the molecule is C#CCOCCOCCOCCNc1nc(N2CCN(C(=O)CCCCCCCCCCNC(=O)[C@H](CCCCN)n3cc(C)nn3)CC2)nc(N2CCN(C(=O)CCCCCCCCCCNC(=O)[C@H](CO)n3cc(CCCSC)nn3)CC2)n1. The second-order valence-electron chi connectivity index (χ2n) is 22.3. The van der Waals surface area contributed by atoms with Crippen molar-refractivity contribution in [1.29, 1.82) is 0 Å². The number of rotatable bonds is 48. The molecule has 0 radical (unpaired) electrons. The molecule has 482 valence electrons. The molecule has 2 atom stereocenters. The third-order valence-electron chi connectivity index (χ3n) is 15.4. The van der Waals surface area contributed by atoms with E-state index >= 15 is 0 Å². The van der Waals surface area contributed by atoms with Crippen LogP contribution in [0.15, 0.2) is 12.4 Å². The molecule has 2 saturated heterocycles. The van der Waals surface area contributed by atoms with Gasteiger partial charge in [-0.3, -0.25) is 19.2 Å². The Bertz CT molecular complexity index is 2380. The van der Waals surface area contributed by atoms with E-state index in [1.807, 2.05) is 22.9 Å². The maximum atomic E-state index is 13.3. The molecule has 0 aromatic carbocycles. The van der Waals surface area contributed by atoms with Gasteiger partial charge >= 0.3 is 0 Å². The monoisotopic (exact) mass is 1220 g/mol. The predicted octanol–water partition coefficient (Wildman–Crippen LogP) is 4.91. The first-order valence-electron chi connectivity index (χ1n) is 32.0. The molecule has 0 bridgehead atoms. The first-order valence-corrected chi connectivity index (χ1v) is 33.4. The molecular formula is C60H103N17O8S. The van der Waals surface area contributed by atoms with Crippen molar-refractivity contribution in [1.82, 2.24) is 65.4 Å². The Morgan fingerprint density at radius 2 is 1.12 bits per heavy atom. The van der Waals surface area contributed by atoms with Crippen LogP contribution in [0, 0.1) is 19.3 Å². The minimum absolute atomic E-state index is 0.0137. The second kappa shape index (κ2) is 43.8. The minimum Gasteiger partial charge on any atom is -0.394 e. The van der Waals surface area contributed by atoms with Gasteiger partial charge in [0, 0.05) is 97.2 Å². The van der Waals surface area contributed by atoms with Crippen LogP contribution in [0.4, 0.5) is 17.8 Å². The average molecular weight is 1220 g/mol. The van der Waals surface area contributed by atoms with Crippen LogP contribution in [0.2, 0.25) is 0 Å². The number of nitrogens with zero attached hydrogens (tertiary/aromatic N) is 13. The molecule has 3 aromatic heterocycles. The van der Waals surface area contributed by atoms with Gasteiger partial charge in [0.2, 0.25) is 41.5 Å². The molecule has 26 heteroatoms. The van der Waals surface area contributed by atoms with Crippen LogP contribution in [0.5, 0.6) is 0 Å². The summed E-state index contributed by atoms with van der Waals surface area (Å²) in [6.45, 7) is 11.0. The number of terminal acetylenes is 1. The number of hydrogen-bond donors (Lipinski definition) is 5. The molecule has 2 fully saturated rings. The molecule has 0 saturated carbocycles. The Kier molecular flexibility index (Phi) is 36.2. The van der Waals surface area contributed by atoms with Gasteiger partial charge in [-0.2, -0.15) is 26.7 Å². The number of unbranched alkanes of at least 4 members (excludes halogenated alkanes) is 15. The molecule has 4 amide bonds. The Morgan fingerprint density at radius 3 is 1.63 bits per heavy atom. The largest absolute Gasteiger partial charge is 0.394 e. The minimum atomic E-state index is -0.774. The van der Waals surface area contributed by atoms with E-state index < -0.39 is 6.04 Å². The molecule has 2 aliphatic rings. The highest BCUT2D eigenvalue weighted by Crippen LogP contribution is 2.22. The number of carbonyl (C=O) groups excluding carboxylic acids is 4. The molecule has 86 heavy (non-hydrogen) atoms. The molecule has 0 spiro atoms. The van der Waals surface area contributed by atoms with Gasteiger partial charge in [-0.05, 0) is 83.3 Å². The summed E-state index contributed by atoms with van der Waals surface area (Å²) < 4.78 is 19.7. The highest BCUT2D eigenvalue weighted by Gasteiger charge is 2.28. The van der Waals surface area contributed by atoms with Crippen LogP contribution < -0.4 is 31.5 Å². The molecule has 5 rings (SSSR count). The first-order chi connectivity index (χ1) is 42.1. The number of aromatic nitrogens is 9. The number of hydrogen-bond acceptors (Lipinski definition) is 20. The van der Waals surface area contributed by atoms with Crippen LogP contribution in [0.3, 0.4) is 0 Å². The number of piperazine rings is 2. The van der Waals surface area contributed by atoms with Gasteiger partial charge in [0.05, 0.1) is 51.0 Å². The Labute approximate surface area is 515 Å². The third kappa shape index (κ3) is 28.0. The fourth-order valence-corrected chi connectivity index (χ4v) is 10.8. The van der Waals surface area contributed by atoms with Crippen LogP contribution in [-0.4, -0.2) is 220 Å². The number of aliphatic hydroxyl groups excluding tert-OH is 1. The van der Waals surface area contributed by atoms with Gasteiger partial charge in [-0.25, -0.2) is 9.36 Å². The molecule has 25 nitrogen and oxygen atoms in total. The Balaban J connectivity index is 0.950. The first kappa shape index (κ1) is 71.0. The van der Waals surface area contributed by atoms with Crippen molar-refractivity contribution in [3.05, 3.63) is 23.8 Å². The standard InChI is InChI=1S/C60H103N17O8S/c1-4-40-83-42-44-85-45-43-84-41-31-64-58-65-59(74-36-32-72(33-37-74)54(79)26-17-13-9-5-7-11-15-21-29-62-56(81)52(25-19-20-28-61)76-47-50(2)68-70-76)67-60(66-58)75-38-34-73(35-39-75)55(80)27-18-14-10-6-8-12-16-22-30-63-57(82)53(49-78)77-48-51(69-71-77)24-23-46-86-3/h1,47-48,52-53,78H,5-46,49,61H2,2-3H3,(H,62,81)(H,63,82)(H,64,65,66,67)/t52-,53-/m0/s1. The fraction of sp³-hybridized carbons (Fsp3) is 0.783. The summed E-state index contributed by atoms with van der Waals surface area (Å²) in [6.07, 6.45) is 32.7. The Morgan fingerprint density at radius 1 is 0.616 bits per heavy atom. The molecule has 2 aliphatic heterocycles. The van der Waals surface area contributed by atoms with Gasteiger partial charge in [-0.15, -0.1) is 16.6 Å². The summed E-state index contributed by atoms with van der Waals surface area (Å²) in [5.74, 6) is 5.15. The van der Waals surface area contributed by atoms with E-state index in [2.05, 4.69) is 58.6 Å². The Hall–Kier alpha value is -5.72. The van der Waals surface area contributed by atoms with Crippen molar-refractivity contribution < 1.29 is 38.5 Å². The highest BCUT2D eigenvalue weighted by atomic mass is 32.2. The summed E-state index contributed by atoms with van der Waals surface area (Å²) in [5.41, 5.74) is 7.30. The predicted molar refractivity (Wildman–Crippen MR) is 336 cm³/mol. The lowest BCUT2D eigenvalue weighted by Crippen LogP contribution is -2.50. The number of nitrogens with one attached hydrogen (secondary N) is 3. The van der Waals surface area contributed by atoms with E-state index in [0.717, 1.165) is 146 Å². The number of amides is 4. The summed E-state index contributed by atoms with van der Waals surface area (Å²) in [6, 6.07) is -1.14. The number of thioether (sulfide) groups is 1. The number of aryl methyl sites for hydroxylation is 2. The number of aliphatic hydroxyl groups is 1. The summed E-state index contributed by atoms with van der Waals surface area (Å²) >= 11 is 1.78. The van der Waals surface area contributed by atoms with Crippen molar-refractivity contribution in [2.24, 2.45) is 5.73 Å².